The lowest BCUT2D eigenvalue weighted by Crippen LogP contribution is -2.69. The van der Waals surface area contributed by atoms with Gasteiger partial charge in [0.1, 0.15) is 0 Å². The summed E-state index contributed by atoms with van der Waals surface area (Å²) in [5.41, 5.74) is 0. The molecule has 0 radical (unpaired) electrons. The summed E-state index contributed by atoms with van der Waals surface area (Å²) in [6.07, 6.45) is -26.7. The molecular formula is C8H6F12OS. The summed E-state index contributed by atoms with van der Waals surface area (Å²) in [6, 6.07) is 0. The van der Waals surface area contributed by atoms with Gasteiger partial charge in [-0.1, -0.05) is 0 Å². The highest BCUT2D eigenvalue weighted by atomic mass is 32.2. The van der Waals surface area contributed by atoms with E-state index in [2.05, 4.69) is 0 Å². The average Bonchev–Trinajstić information content (AvgIpc) is 2.19. The zero-order chi connectivity index (χ0) is 18.6. The molecule has 0 rings (SSSR count). The molecule has 0 N–H and O–H groups in total. The van der Waals surface area contributed by atoms with Gasteiger partial charge in [0.05, 0.1) is 10.8 Å². The van der Waals surface area contributed by atoms with Crippen molar-refractivity contribution in [1.29, 1.82) is 0 Å². The summed E-state index contributed by atoms with van der Waals surface area (Å²) in [5, 5.41) is 0. The Morgan fingerprint density at radius 1 is 0.500 bits per heavy atom. The van der Waals surface area contributed by atoms with Crippen molar-refractivity contribution in [2.45, 2.75) is 48.0 Å². The Morgan fingerprint density at radius 2 is 0.636 bits per heavy atom. The van der Waals surface area contributed by atoms with Crippen LogP contribution in [0.15, 0.2) is 0 Å². The first-order chi connectivity index (χ1) is 9.15. The molecule has 0 aromatic heterocycles. The smallest absolute Gasteiger partial charge is 0.257 e. The van der Waals surface area contributed by atoms with Gasteiger partial charge in [0.15, 0.2) is 0 Å². The Labute approximate surface area is 117 Å². The van der Waals surface area contributed by atoms with E-state index in [0.29, 0.717) is 0 Å². The van der Waals surface area contributed by atoms with Crippen LogP contribution in [-0.2, 0) is 10.8 Å². The van der Waals surface area contributed by atoms with Crippen LogP contribution in [0, 0.1) is 0 Å². The molecular weight excluding hydrogens is 372 g/mol. The number of halogens is 12. The van der Waals surface area contributed by atoms with Gasteiger partial charge in [0.25, 0.3) is 0 Å². The predicted molar refractivity (Wildman–Crippen MR) is 49.2 cm³/mol. The van der Waals surface area contributed by atoms with Crippen molar-refractivity contribution in [3.63, 3.8) is 0 Å². The van der Waals surface area contributed by atoms with Crippen molar-refractivity contribution in [1.82, 2.24) is 0 Å². The molecule has 0 aliphatic carbocycles. The summed E-state index contributed by atoms with van der Waals surface area (Å²) in [7, 11) is -5.50. The number of hydrogen-bond acceptors (Lipinski definition) is 1. The van der Waals surface area contributed by atoms with Gasteiger partial charge in [0, 0.05) is 0 Å². The van der Waals surface area contributed by atoms with Crippen LogP contribution in [0.25, 0.3) is 0 Å². The quantitative estimate of drug-likeness (QED) is 0.647. The minimum Gasteiger partial charge on any atom is -0.257 e. The Hall–Kier alpha value is -0.690. The summed E-state index contributed by atoms with van der Waals surface area (Å²) in [4.78, 5) is 0. The first-order valence-electron chi connectivity index (χ1n) is 4.84. The molecule has 0 unspecified atom stereocenters. The highest BCUT2D eigenvalue weighted by Gasteiger charge is 2.82. The Balaban J connectivity index is 6.62. The topological polar surface area (TPSA) is 17.1 Å². The van der Waals surface area contributed by atoms with Gasteiger partial charge in [0.2, 0.25) is 9.49 Å². The second-order valence-electron chi connectivity index (χ2n) is 4.33. The molecule has 0 spiro atoms. The molecule has 0 saturated heterocycles. The molecule has 0 heterocycles. The fraction of sp³-hybridized carbons (Fsp3) is 1.00. The molecule has 0 aliphatic rings. The first kappa shape index (κ1) is 21.3. The molecule has 1 nitrogen and oxygen atoms in total. The van der Waals surface area contributed by atoms with E-state index in [1.807, 2.05) is 0 Å². The fourth-order valence-corrected chi connectivity index (χ4v) is 2.81. The zero-order valence-corrected chi connectivity index (χ0v) is 11.2. The van der Waals surface area contributed by atoms with Gasteiger partial charge in [-0.05, 0) is 13.8 Å². The van der Waals surface area contributed by atoms with E-state index in [0.717, 1.165) is 0 Å². The third-order valence-electron chi connectivity index (χ3n) is 2.91. The molecule has 14 heteroatoms. The molecule has 0 saturated carbocycles. The molecule has 0 aromatic rings. The van der Waals surface area contributed by atoms with Gasteiger partial charge in [-0.3, -0.25) is 4.21 Å². The lowest BCUT2D eigenvalue weighted by molar-refractivity contribution is -0.274. The van der Waals surface area contributed by atoms with Gasteiger partial charge < -0.3 is 0 Å². The van der Waals surface area contributed by atoms with E-state index in [-0.39, 0.29) is 0 Å². The van der Waals surface area contributed by atoms with Crippen LogP contribution in [0.1, 0.15) is 13.8 Å². The molecule has 0 atom stereocenters. The van der Waals surface area contributed by atoms with Crippen LogP contribution >= 0.6 is 0 Å². The predicted octanol–water partition coefficient (Wildman–Crippen LogP) is 4.50. The number of rotatable bonds is 2. The standard InChI is InChI=1S/C8H6F12OS/c1-3(5(9,10)11,6(12,13)14)22(21)4(2,7(15,16)17)8(18,19)20/h1-2H3. The third-order valence-corrected chi connectivity index (χ3v) is 5.31. The third kappa shape index (κ3) is 2.89. The van der Waals surface area contributed by atoms with Gasteiger partial charge >= 0.3 is 24.7 Å². The lowest BCUT2D eigenvalue weighted by atomic mass is 10.1. The van der Waals surface area contributed by atoms with Crippen LogP contribution in [-0.4, -0.2) is 38.4 Å². The highest BCUT2D eigenvalue weighted by Crippen LogP contribution is 2.56. The maximum absolute atomic E-state index is 12.5. The summed E-state index contributed by atoms with van der Waals surface area (Å²) in [6.45, 7) is -2.03. The van der Waals surface area contributed by atoms with Crippen LogP contribution < -0.4 is 0 Å². The largest absolute Gasteiger partial charge is 0.414 e. The van der Waals surface area contributed by atoms with E-state index < -0.39 is 58.8 Å². The maximum Gasteiger partial charge on any atom is 0.414 e. The molecule has 134 valence electrons. The van der Waals surface area contributed by atoms with Gasteiger partial charge in [-0.25, -0.2) is 0 Å². The van der Waals surface area contributed by atoms with Crippen LogP contribution in [0.5, 0.6) is 0 Å². The van der Waals surface area contributed by atoms with Crippen LogP contribution in [0.4, 0.5) is 52.7 Å². The van der Waals surface area contributed by atoms with Crippen LogP contribution in [0.3, 0.4) is 0 Å². The average molecular weight is 378 g/mol. The normalized spacial score (nSPS) is 16.3. The van der Waals surface area contributed by atoms with Gasteiger partial charge in [-0.2, -0.15) is 52.7 Å². The minimum absolute atomic E-state index is 1.02. The summed E-state index contributed by atoms with van der Waals surface area (Å²) in [5.74, 6) is 0. The Morgan fingerprint density at radius 3 is 0.727 bits per heavy atom. The van der Waals surface area contributed by atoms with Crippen LogP contribution in [0.2, 0.25) is 0 Å². The molecule has 22 heavy (non-hydrogen) atoms. The maximum atomic E-state index is 12.5. The van der Waals surface area contributed by atoms with E-state index in [1.54, 1.807) is 0 Å². The SMILES string of the molecule is CC(S(=O)C(C)(C(F)(F)F)C(F)(F)F)(C(F)(F)F)C(F)(F)F. The molecule has 0 aliphatic heterocycles. The number of hydrogen-bond donors (Lipinski definition) is 0. The summed E-state index contributed by atoms with van der Waals surface area (Å²) >= 11 is 0. The highest BCUT2D eigenvalue weighted by molar-refractivity contribution is 7.88. The van der Waals surface area contributed by atoms with Crippen molar-refractivity contribution in [3.8, 4) is 0 Å². The molecule has 0 fully saturated rings. The van der Waals surface area contributed by atoms with E-state index in [9.17, 15) is 56.9 Å². The first-order valence-corrected chi connectivity index (χ1v) is 5.99. The Kier molecular flexibility index (Phi) is 5.00. The van der Waals surface area contributed by atoms with E-state index in [1.165, 1.54) is 0 Å². The van der Waals surface area contributed by atoms with E-state index in [4.69, 9.17) is 0 Å². The fourth-order valence-electron chi connectivity index (χ4n) is 1.15. The van der Waals surface area contributed by atoms with Crippen molar-refractivity contribution in [3.05, 3.63) is 0 Å². The number of alkyl halides is 12. The zero-order valence-electron chi connectivity index (χ0n) is 10.4. The van der Waals surface area contributed by atoms with Gasteiger partial charge in [-0.15, -0.1) is 0 Å². The monoisotopic (exact) mass is 378 g/mol. The molecule has 0 bridgehead atoms. The van der Waals surface area contributed by atoms with Crippen molar-refractivity contribution in [2.75, 3.05) is 0 Å². The summed E-state index contributed by atoms with van der Waals surface area (Å²) < 4.78 is 150. The second-order valence-corrected chi connectivity index (χ2v) is 6.50. The van der Waals surface area contributed by atoms with Crippen molar-refractivity contribution < 1.29 is 56.9 Å². The van der Waals surface area contributed by atoms with E-state index >= 15 is 0 Å². The molecule has 0 amide bonds. The van der Waals surface area contributed by atoms with Crippen molar-refractivity contribution >= 4 is 10.8 Å². The minimum atomic E-state index is -6.67. The van der Waals surface area contributed by atoms with Crippen molar-refractivity contribution in [2.24, 2.45) is 0 Å². The molecule has 0 aromatic carbocycles. The second kappa shape index (κ2) is 5.16. The Bertz CT molecular complexity index is 370. The lowest BCUT2D eigenvalue weighted by Gasteiger charge is -2.41.